The average molecular weight is 562 g/mol. The van der Waals surface area contributed by atoms with Gasteiger partial charge in [-0.15, -0.1) is 0 Å². The minimum atomic E-state index is -4.44. The van der Waals surface area contributed by atoms with Crippen LogP contribution in [0.25, 0.3) is 0 Å². The van der Waals surface area contributed by atoms with Crippen LogP contribution in [0.2, 0.25) is 0 Å². The first-order valence-electron chi connectivity index (χ1n) is 12.5. The van der Waals surface area contributed by atoms with E-state index in [0.717, 1.165) is 17.7 Å². The average Bonchev–Trinajstić information content (AvgIpc) is 2.95. The van der Waals surface area contributed by atoms with E-state index >= 15 is 0 Å². The summed E-state index contributed by atoms with van der Waals surface area (Å²) in [5, 5.41) is 0. The summed E-state index contributed by atoms with van der Waals surface area (Å²) in [6.07, 6.45) is -4.01. The van der Waals surface area contributed by atoms with Crippen LogP contribution in [0.5, 0.6) is 5.75 Å². The minimum absolute atomic E-state index is 0.0542. The Hall–Kier alpha value is -3.57. The number of methoxy groups -OCH3 is 1. The van der Waals surface area contributed by atoms with E-state index in [9.17, 15) is 26.4 Å². The van der Waals surface area contributed by atoms with Gasteiger partial charge in [0.2, 0.25) is 15.9 Å². The fourth-order valence-corrected chi connectivity index (χ4v) is 5.81. The lowest BCUT2D eigenvalue weighted by Crippen LogP contribution is -2.52. The van der Waals surface area contributed by atoms with Gasteiger partial charge in [-0.25, -0.2) is 8.42 Å². The van der Waals surface area contributed by atoms with Crippen LogP contribution in [0.4, 0.5) is 18.9 Å². The number of hydrogen-bond acceptors (Lipinski definition) is 5. The molecule has 0 radical (unpaired) electrons. The van der Waals surface area contributed by atoms with Gasteiger partial charge in [-0.1, -0.05) is 36.4 Å². The van der Waals surface area contributed by atoms with E-state index < -0.39 is 21.8 Å². The molecule has 1 fully saturated rings. The zero-order valence-electron chi connectivity index (χ0n) is 21.5. The molecule has 0 spiro atoms. The van der Waals surface area contributed by atoms with Crippen molar-refractivity contribution in [1.29, 1.82) is 0 Å². The van der Waals surface area contributed by atoms with Crippen molar-refractivity contribution in [2.45, 2.75) is 17.5 Å². The summed E-state index contributed by atoms with van der Waals surface area (Å²) < 4.78 is 72.7. The molecule has 3 aromatic rings. The van der Waals surface area contributed by atoms with E-state index in [1.807, 2.05) is 30.3 Å². The third kappa shape index (κ3) is 7.10. The number of hydrogen-bond donors (Lipinski definition) is 0. The van der Waals surface area contributed by atoms with Gasteiger partial charge in [-0.05, 0) is 54.4 Å². The number of carbonyl (C=O) groups excluding carboxylic acids is 1. The number of anilines is 1. The fraction of sp³-hybridized carbons (Fsp3) is 0.321. The number of rotatable bonds is 9. The molecule has 0 aromatic heterocycles. The van der Waals surface area contributed by atoms with Crippen LogP contribution in [0.1, 0.15) is 11.1 Å². The first kappa shape index (κ1) is 28.4. The van der Waals surface area contributed by atoms with Crippen LogP contribution in [-0.2, 0) is 27.4 Å². The van der Waals surface area contributed by atoms with Crippen molar-refractivity contribution in [2.75, 3.05) is 51.3 Å². The van der Waals surface area contributed by atoms with E-state index in [-0.39, 0.29) is 37.0 Å². The number of ether oxygens (including phenoxy) is 1. The van der Waals surface area contributed by atoms with E-state index in [1.54, 1.807) is 28.0 Å². The number of carbonyl (C=O) groups is 1. The lowest BCUT2D eigenvalue weighted by Gasteiger charge is -2.37. The van der Waals surface area contributed by atoms with E-state index in [1.165, 1.54) is 29.6 Å². The summed E-state index contributed by atoms with van der Waals surface area (Å²) in [6.45, 7) is 0.970. The normalized spacial score (nSPS) is 14.5. The largest absolute Gasteiger partial charge is 0.497 e. The molecule has 0 atom stereocenters. The van der Waals surface area contributed by atoms with Crippen molar-refractivity contribution in [3.8, 4) is 5.75 Å². The Labute approximate surface area is 226 Å². The van der Waals surface area contributed by atoms with Crippen LogP contribution >= 0.6 is 0 Å². The molecule has 0 aliphatic carbocycles. The number of benzene rings is 3. The number of halogens is 3. The van der Waals surface area contributed by atoms with Gasteiger partial charge in [0.25, 0.3) is 0 Å². The third-order valence-corrected chi connectivity index (χ3v) is 8.53. The highest BCUT2D eigenvalue weighted by molar-refractivity contribution is 7.89. The van der Waals surface area contributed by atoms with Crippen LogP contribution in [0, 0.1) is 0 Å². The zero-order chi connectivity index (χ0) is 28.0. The van der Waals surface area contributed by atoms with E-state index in [0.29, 0.717) is 30.9 Å². The Morgan fingerprint density at radius 1 is 0.923 bits per heavy atom. The summed E-state index contributed by atoms with van der Waals surface area (Å²) in [5.41, 5.74) is 0.648. The van der Waals surface area contributed by atoms with Gasteiger partial charge < -0.3 is 14.5 Å². The van der Waals surface area contributed by atoms with Gasteiger partial charge in [0, 0.05) is 38.4 Å². The molecule has 0 unspecified atom stereocenters. The summed E-state index contributed by atoms with van der Waals surface area (Å²) in [7, 11) is -2.50. The number of sulfonamides is 1. The Bertz CT molecular complexity index is 1360. The Balaban J connectivity index is 1.46. The van der Waals surface area contributed by atoms with Crippen LogP contribution < -0.4 is 9.64 Å². The highest BCUT2D eigenvalue weighted by atomic mass is 32.2. The molecule has 1 aliphatic rings. The minimum Gasteiger partial charge on any atom is -0.497 e. The van der Waals surface area contributed by atoms with E-state index in [4.69, 9.17) is 4.74 Å². The van der Waals surface area contributed by atoms with Crippen molar-refractivity contribution < 1.29 is 31.1 Å². The highest BCUT2D eigenvalue weighted by Crippen LogP contribution is 2.32. The molecule has 1 amide bonds. The molecule has 208 valence electrons. The standard InChI is InChI=1S/C28H30F3N3O4S/c1-38-25-10-12-26(13-11-25)39(36,37)34(15-14-22-6-3-2-4-7-22)21-27(35)33-18-16-32(17-19-33)24-9-5-8-23(20-24)28(29,30)31/h2-13,20H,14-19,21H2,1H3. The molecule has 4 rings (SSSR count). The van der Waals surface area contributed by atoms with Crippen LogP contribution in [0.15, 0.2) is 83.8 Å². The van der Waals surface area contributed by atoms with Crippen molar-refractivity contribution >= 4 is 21.6 Å². The zero-order valence-corrected chi connectivity index (χ0v) is 22.3. The quantitative estimate of drug-likeness (QED) is 0.390. The first-order chi connectivity index (χ1) is 18.6. The topological polar surface area (TPSA) is 70.2 Å². The maximum Gasteiger partial charge on any atom is 0.416 e. The molecule has 1 aliphatic heterocycles. The summed E-state index contributed by atoms with van der Waals surface area (Å²) in [6, 6.07) is 20.5. The molecule has 1 saturated heterocycles. The van der Waals surface area contributed by atoms with Gasteiger partial charge in [0.15, 0.2) is 0 Å². The molecule has 0 bridgehead atoms. The van der Waals surface area contributed by atoms with Gasteiger partial charge in [0.1, 0.15) is 5.75 Å². The summed E-state index contributed by atoms with van der Waals surface area (Å²) in [5.74, 6) is 0.156. The second kappa shape index (κ2) is 12.1. The lowest BCUT2D eigenvalue weighted by atomic mass is 10.1. The summed E-state index contributed by atoms with van der Waals surface area (Å²) >= 11 is 0. The molecular formula is C28H30F3N3O4S. The Kier molecular flexibility index (Phi) is 8.81. The molecule has 3 aromatic carbocycles. The van der Waals surface area contributed by atoms with Crippen molar-refractivity contribution in [1.82, 2.24) is 9.21 Å². The second-order valence-electron chi connectivity index (χ2n) is 9.17. The fourth-order valence-electron chi connectivity index (χ4n) is 4.42. The Morgan fingerprint density at radius 2 is 1.59 bits per heavy atom. The van der Waals surface area contributed by atoms with Crippen molar-refractivity contribution in [2.24, 2.45) is 0 Å². The SMILES string of the molecule is COc1ccc(S(=O)(=O)N(CCc2ccccc2)CC(=O)N2CCN(c3cccc(C(F)(F)F)c3)CC2)cc1. The maximum absolute atomic E-state index is 13.5. The molecule has 0 saturated carbocycles. The number of piperazine rings is 1. The first-order valence-corrected chi connectivity index (χ1v) is 13.9. The van der Waals surface area contributed by atoms with Gasteiger partial charge in [0.05, 0.1) is 24.1 Å². The number of nitrogens with zero attached hydrogens (tertiary/aromatic N) is 3. The predicted molar refractivity (Wildman–Crippen MR) is 142 cm³/mol. The van der Waals surface area contributed by atoms with Crippen LogP contribution in [0.3, 0.4) is 0 Å². The maximum atomic E-state index is 13.5. The smallest absolute Gasteiger partial charge is 0.416 e. The third-order valence-electron chi connectivity index (χ3n) is 6.67. The molecule has 7 nitrogen and oxygen atoms in total. The van der Waals surface area contributed by atoms with Gasteiger partial charge in [-0.3, -0.25) is 4.79 Å². The van der Waals surface area contributed by atoms with E-state index in [2.05, 4.69) is 0 Å². The van der Waals surface area contributed by atoms with Crippen molar-refractivity contribution in [3.05, 3.63) is 90.0 Å². The monoisotopic (exact) mass is 561 g/mol. The number of amides is 1. The van der Waals surface area contributed by atoms with Crippen LogP contribution in [-0.4, -0.2) is 69.9 Å². The highest BCUT2D eigenvalue weighted by Gasteiger charge is 2.32. The molecule has 1 heterocycles. The van der Waals surface area contributed by atoms with Crippen molar-refractivity contribution in [3.63, 3.8) is 0 Å². The van der Waals surface area contributed by atoms with Gasteiger partial charge in [-0.2, -0.15) is 17.5 Å². The van der Waals surface area contributed by atoms with Gasteiger partial charge >= 0.3 is 6.18 Å². The summed E-state index contributed by atoms with van der Waals surface area (Å²) in [4.78, 5) is 16.7. The predicted octanol–water partition coefficient (Wildman–Crippen LogP) is 4.30. The second-order valence-corrected chi connectivity index (χ2v) is 11.1. The Morgan fingerprint density at radius 3 is 2.21 bits per heavy atom. The number of alkyl halides is 3. The lowest BCUT2D eigenvalue weighted by molar-refractivity contribution is -0.137. The molecule has 39 heavy (non-hydrogen) atoms. The molecular weight excluding hydrogens is 531 g/mol. The molecule has 11 heteroatoms. The molecule has 0 N–H and O–H groups in total.